The highest BCUT2D eigenvalue weighted by Crippen LogP contribution is 2.37. The highest BCUT2D eigenvalue weighted by molar-refractivity contribution is 6.08. The van der Waals surface area contributed by atoms with Gasteiger partial charge in [-0.25, -0.2) is 18.3 Å². The van der Waals surface area contributed by atoms with E-state index in [0.717, 1.165) is 77.2 Å². The molecule has 3 N–H and O–H groups in total. The van der Waals surface area contributed by atoms with E-state index in [0.29, 0.717) is 46.9 Å². The van der Waals surface area contributed by atoms with E-state index in [1.165, 1.54) is 16.9 Å². The van der Waals surface area contributed by atoms with Crippen LogP contribution in [0.5, 0.6) is 0 Å². The number of para-hydroxylation sites is 1. The zero-order chi connectivity index (χ0) is 41.8. The van der Waals surface area contributed by atoms with Gasteiger partial charge in [0.2, 0.25) is 17.7 Å². The van der Waals surface area contributed by atoms with Gasteiger partial charge in [-0.1, -0.05) is 11.2 Å². The van der Waals surface area contributed by atoms with Crippen LogP contribution in [0.4, 0.5) is 26.0 Å². The number of carbonyl (C=O) groups is 4. The number of imide groups is 1. The third-order valence-electron chi connectivity index (χ3n) is 12.9. The second-order valence-electron chi connectivity index (χ2n) is 16.8. The Morgan fingerprint density at radius 3 is 2.54 bits per heavy atom. The van der Waals surface area contributed by atoms with Gasteiger partial charge in [-0.2, -0.15) is 10.2 Å². The maximum Gasteiger partial charge on any atom is 0.284 e. The molecule has 2 bridgehead atoms. The van der Waals surface area contributed by atoms with Gasteiger partial charge in [-0.15, -0.1) is 0 Å². The maximum absolute atomic E-state index is 14.3. The van der Waals surface area contributed by atoms with Gasteiger partial charge in [0.25, 0.3) is 12.3 Å². The Hall–Kier alpha value is -5.86. The minimum atomic E-state index is -2.87. The van der Waals surface area contributed by atoms with Gasteiger partial charge in [0.15, 0.2) is 16.9 Å². The summed E-state index contributed by atoms with van der Waals surface area (Å²) in [7, 11) is 0. The lowest BCUT2D eigenvalue weighted by Crippen LogP contribution is -2.49. The molecule has 0 radical (unpaired) electrons. The second-order valence-corrected chi connectivity index (χ2v) is 16.8. The van der Waals surface area contributed by atoms with Crippen molar-refractivity contribution in [1.82, 2.24) is 44.7 Å². The number of morpholine rings is 1. The third kappa shape index (κ3) is 7.83. The predicted molar refractivity (Wildman–Crippen MR) is 215 cm³/mol. The molecule has 61 heavy (non-hydrogen) atoms. The molecule has 1 saturated carbocycles. The molecule has 8 heterocycles. The van der Waals surface area contributed by atoms with Crippen LogP contribution in [0.3, 0.4) is 0 Å². The van der Waals surface area contributed by atoms with Crippen molar-refractivity contribution in [3.63, 3.8) is 0 Å². The molecule has 3 atom stereocenters. The number of aromatic nitrogens is 6. The van der Waals surface area contributed by atoms with Crippen molar-refractivity contribution in [2.24, 2.45) is 5.92 Å². The third-order valence-corrected chi connectivity index (χ3v) is 12.9. The highest BCUT2D eigenvalue weighted by Gasteiger charge is 2.40. The van der Waals surface area contributed by atoms with E-state index < -0.39 is 29.9 Å². The molecule has 20 heteroatoms. The minimum absolute atomic E-state index is 0.0212. The fourth-order valence-corrected chi connectivity index (χ4v) is 9.66. The Morgan fingerprint density at radius 1 is 0.967 bits per heavy atom. The van der Waals surface area contributed by atoms with Crippen molar-refractivity contribution in [1.29, 1.82) is 0 Å². The molecule has 1 aliphatic carbocycles. The molecular formula is C41H46F2N12O6. The Kier molecular flexibility index (Phi) is 10.4. The smallest absolute Gasteiger partial charge is 0.284 e. The van der Waals surface area contributed by atoms with Gasteiger partial charge in [0, 0.05) is 63.5 Å². The zero-order valence-corrected chi connectivity index (χ0v) is 33.3. The number of benzene rings is 1. The van der Waals surface area contributed by atoms with E-state index in [2.05, 4.69) is 46.0 Å². The molecule has 4 aromatic heterocycles. The number of nitrogens with zero attached hydrogens (tertiary/aromatic N) is 9. The lowest BCUT2D eigenvalue weighted by molar-refractivity contribution is -0.134. The SMILES string of the molecule is O=C1CCC(c2noc3c(NC(=O)CN4CCN(CC5CCC(n6cc(NC(=O)c7cnn8ccc(N9C[C@H]%10C[C@@H]9CO%10)nc78)c(C(F)F)n6)CC5)CC4)cccc23)C(=O)N1. The molecule has 4 aliphatic heterocycles. The van der Waals surface area contributed by atoms with Crippen LogP contribution in [0.25, 0.3) is 16.6 Å². The Labute approximate surface area is 347 Å². The summed E-state index contributed by atoms with van der Waals surface area (Å²) >= 11 is 0. The van der Waals surface area contributed by atoms with E-state index in [1.54, 1.807) is 29.1 Å². The molecule has 5 aromatic rings. The first-order valence-electron chi connectivity index (χ1n) is 21.0. The number of halogens is 2. The van der Waals surface area contributed by atoms with Crippen LogP contribution >= 0.6 is 0 Å². The summed E-state index contributed by atoms with van der Waals surface area (Å²) in [6.45, 7) is 5.59. The number of carbonyl (C=O) groups excluding carboxylic acids is 4. The summed E-state index contributed by atoms with van der Waals surface area (Å²) in [6.07, 6.45) is 6.87. The van der Waals surface area contributed by atoms with Gasteiger partial charge in [0.05, 0.1) is 54.8 Å². The molecule has 320 valence electrons. The first-order valence-corrected chi connectivity index (χ1v) is 21.0. The first kappa shape index (κ1) is 39.3. The summed E-state index contributed by atoms with van der Waals surface area (Å²) in [5.41, 5.74) is 1.35. The van der Waals surface area contributed by atoms with E-state index in [9.17, 15) is 28.0 Å². The fraction of sp³-hybridized carbons (Fsp3) is 0.512. The van der Waals surface area contributed by atoms with E-state index in [1.807, 2.05) is 6.07 Å². The molecule has 1 aromatic carbocycles. The van der Waals surface area contributed by atoms with E-state index in [4.69, 9.17) is 14.2 Å². The molecule has 4 saturated heterocycles. The van der Waals surface area contributed by atoms with Crippen LogP contribution in [0, 0.1) is 5.92 Å². The largest absolute Gasteiger partial charge is 0.374 e. The second kappa shape index (κ2) is 16.2. The molecular weight excluding hydrogens is 795 g/mol. The number of rotatable bonds is 11. The van der Waals surface area contributed by atoms with Gasteiger partial charge < -0.3 is 29.7 Å². The molecule has 1 unspecified atom stereocenters. The summed E-state index contributed by atoms with van der Waals surface area (Å²) < 4.78 is 43.0. The number of amides is 4. The van der Waals surface area contributed by atoms with E-state index in [-0.39, 0.29) is 54.2 Å². The Balaban J connectivity index is 0.699. The first-order chi connectivity index (χ1) is 29.6. The zero-order valence-electron chi connectivity index (χ0n) is 33.3. The number of fused-ring (bicyclic) bond motifs is 4. The molecule has 18 nitrogen and oxygen atoms in total. The van der Waals surface area contributed by atoms with Crippen LogP contribution in [0.15, 0.2) is 47.4 Å². The van der Waals surface area contributed by atoms with Gasteiger partial charge in [-0.3, -0.25) is 34.1 Å². The number of piperidine rings is 1. The molecule has 10 rings (SSSR count). The predicted octanol–water partition coefficient (Wildman–Crippen LogP) is 3.74. The van der Waals surface area contributed by atoms with Crippen molar-refractivity contribution >= 4 is 57.4 Å². The van der Waals surface area contributed by atoms with Crippen LogP contribution in [-0.2, 0) is 19.1 Å². The monoisotopic (exact) mass is 840 g/mol. The van der Waals surface area contributed by atoms with Crippen molar-refractivity contribution in [2.75, 3.05) is 68.0 Å². The standard InChI is InChI=1S/C41H46F2N12O6/c42-38(43)36-31(46-41(59)29-17-44-54-11-10-32(47-39(29)54)53-19-26-16-25(53)22-60-26)20-55(49-36)24-6-4-23(5-7-24)18-51-12-14-52(15-13-51)21-34(57)45-30-3-1-2-27-35(50-61-37(27)30)28-8-9-33(56)48-40(28)58/h1-3,10-11,17,20,23-26,28,38H,4-9,12-16,18-19,21-22H2,(H,45,57)(H,46,59)(H,48,56,58)/t23?,24?,25-,26-,28?/m1/s1. The average Bonchev–Trinajstić information content (AvgIpc) is 4.11. The average molecular weight is 841 g/mol. The topological polar surface area (TPSA) is 197 Å². The Bertz CT molecular complexity index is 2490. The van der Waals surface area contributed by atoms with Gasteiger partial charge >= 0.3 is 0 Å². The number of piperazine rings is 1. The summed E-state index contributed by atoms with van der Waals surface area (Å²) in [5.74, 6) is -0.905. The molecule has 0 spiro atoms. The normalized spacial score (nSPS) is 24.9. The number of ether oxygens (including phenoxy) is 1. The van der Waals surface area contributed by atoms with Crippen molar-refractivity contribution in [2.45, 2.75) is 75.5 Å². The summed E-state index contributed by atoms with van der Waals surface area (Å²) in [6, 6.07) is 7.32. The van der Waals surface area contributed by atoms with Crippen LogP contribution < -0.4 is 20.9 Å². The fourth-order valence-electron chi connectivity index (χ4n) is 9.66. The number of anilines is 3. The summed E-state index contributed by atoms with van der Waals surface area (Å²) in [5, 5.41) is 21.3. The van der Waals surface area contributed by atoms with Crippen molar-refractivity contribution in [3.05, 3.63) is 59.8 Å². The van der Waals surface area contributed by atoms with Crippen molar-refractivity contribution < 1.29 is 37.2 Å². The Morgan fingerprint density at radius 2 is 1.79 bits per heavy atom. The highest BCUT2D eigenvalue weighted by atomic mass is 19.3. The maximum atomic E-state index is 14.3. The lowest BCUT2D eigenvalue weighted by Gasteiger charge is -2.38. The lowest BCUT2D eigenvalue weighted by atomic mass is 9.85. The number of hydrogen-bond acceptors (Lipinski definition) is 13. The quantitative estimate of drug-likeness (QED) is 0.163. The molecule has 4 amide bonds. The van der Waals surface area contributed by atoms with Gasteiger partial charge in [-0.05, 0) is 62.6 Å². The van der Waals surface area contributed by atoms with Crippen LogP contribution in [-0.4, -0.2) is 128 Å². The van der Waals surface area contributed by atoms with Crippen LogP contribution in [0.2, 0.25) is 0 Å². The number of alkyl halides is 2. The summed E-state index contributed by atoms with van der Waals surface area (Å²) in [4.78, 5) is 62.2. The van der Waals surface area contributed by atoms with Crippen LogP contribution in [0.1, 0.15) is 85.1 Å². The number of nitrogens with one attached hydrogen (secondary N) is 3. The van der Waals surface area contributed by atoms with Crippen molar-refractivity contribution in [3.8, 4) is 0 Å². The minimum Gasteiger partial charge on any atom is -0.374 e. The number of hydrogen-bond donors (Lipinski definition) is 3. The van der Waals surface area contributed by atoms with E-state index >= 15 is 0 Å². The molecule has 5 aliphatic rings. The molecule has 5 fully saturated rings. The van der Waals surface area contributed by atoms with Gasteiger partial charge in [0.1, 0.15) is 17.1 Å².